The average Bonchev–Trinajstić information content (AvgIpc) is 3.71. The molecule has 2 saturated heterocycles. The van der Waals surface area contributed by atoms with Gasteiger partial charge in [-0.1, -0.05) is 31.2 Å². The monoisotopic (exact) mass is 696 g/mol. The van der Waals surface area contributed by atoms with Gasteiger partial charge >= 0.3 is 11.9 Å². The van der Waals surface area contributed by atoms with Crippen molar-refractivity contribution in [1.29, 1.82) is 0 Å². The van der Waals surface area contributed by atoms with Crippen LogP contribution in [0.4, 0.5) is 0 Å². The highest BCUT2D eigenvalue weighted by Gasteiger charge is 2.23. The molecule has 0 amide bonds. The molecule has 0 atom stereocenters. The van der Waals surface area contributed by atoms with Gasteiger partial charge in [0.25, 0.3) is 0 Å². The second-order valence-corrected chi connectivity index (χ2v) is 14.2. The normalized spacial score (nSPS) is 15.5. The molecule has 0 radical (unpaired) electrons. The maximum Gasteiger partial charge on any atom is 0.328 e. The van der Waals surface area contributed by atoms with E-state index in [1.165, 1.54) is 50.9 Å². The SMILES string of the molecule is CC1CN(CCCOCCc2ccc3sccc3c2)C1.O=C(O)/C=C\C(=O)O.OC1CN(CCCOCCc2ccc3sccc3c2)C1. The van der Waals surface area contributed by atoms with Crippen LogP contribution in [0, 0.1) is 5.92 Å². The van der Waals surface area contributed by atoms with Gasteiger partial charge in [0, 0.05) is 74.0 Å². The van der Waals surface area contributed by atoms with Gasteiger partial charge < -0.3 is 29.7 Å². The third-order valence-electron chi connectivity index (χ3n) is 8.08. The molecule has 2 aliphatic heterocycles. The second kappa shape index (κ2) is 20.4. The molecule has 0 spiro atoms. The van der Waals surface area contributed by atoms with Gasteiger partial charge in [0.05, 0.1) is 19.3 Å². The molecule has 9 nitrogen and oxygen atoms in total. The Labute approximate surface area is 291 Å². The lowest BCUT2D eigenvalue weighted by Gasteiger charge is -2.37. The summed E-state index contributed by atoms with van der Waals surface area (Å²) in [5.74, 6) is -1.61. The highest BCUT2D eigenvalue weighted by atomic mass is 32.1. The highest BCUT2D eigenvalue weighted by Crippen LogP contribution is 2.23. The number of carboxylic acids is 2. The van der Waals surface area contributed by atoms with Crippen molar-refractivity contribution in [3.05, 3.63) is 82.6 Å². The molecule has 11 heteroatoms. The average molecular weight is 697 g/mol. The van der Waals surface area contributed by atoms with Crippen LogP contribution in [0.15, 0.2) is 71.4 Å². The smallest absolute Gasteiger partial charge is 0.328 e. The molecule has 4 heterocycles. The van der Waals surface area contributed by atoms with Crippen LogP contribution in [0.25, 0.3) is 20.2 Å². The van der Waals surface area contributed by atoms with E-state index in [0.717, 1.165) is 77.7 Å². The first-order valence-corrected chi connectivity index (χ1v) is 18.4. The molecule has 2 aromatic heterocycles. The Morgan fingerprint density at radius 3 is 1.60 bits per heavy atom. The number of aliphatic carboxylic acids is 2. The van der Waals surface area contributed by atoms with Crippen LogP contribution >= 0.6 is 22.7 Å². The van der Waals surface area contributed by atoms with Crippen LogP contribution < -0.4 is 0 Å². The van der Waals surface area contributed by atoms with Gasteiger partial charge in [0.1, 0.15) is 0 Å². The number of carbonyl (C=O) groups is 2. The van der Waals surface area contributed by atoms with Gasteiger partial charge in [-0.25, -0.2) is 9.59 Å². The summed E-state index contributed by atoms with van der Waals surface area (Å²) in [6, 6.07) is 17.8. The van der Waals surface area contributed by atoms with E-state index in [1.54, 1.807) is 22.7 Å². The van der Waals surface area contributed by atoms with Crippen molar-refractivity contribution in [2.75, 3.05) is 65.7 Å². The number of aliphatic hydroxyl groups excluding tert-OH is 1. The maximum atomic E-state index is 9.55. The zero-order chi connectivity index (χ0) is 34.1. The molecule has 48 heavy (non-hydrogen) atoms. The molecule has 260 valence electrons. The van der Waals surface area contributed by atoms with Gasteiger partial charge in [0.2, 0.25) is 0 Å². The minimum Gasteiger partial charge on any atom is -0.478 e. The van der Waals surface area contributed by atoms with E-state index in [1.807, 2.05) is 0 Å². The first-order chi connectivity index (χ1) is 23.2. The number of ether oxygens (including phenoxy) is 2. The summed E-state index contributed by atoms with van der Waals surface area (Å²) in [5, 5.41) is 31.8. The minimum atomic E-state index is -1.26. The number of thiophene rings is 2. The fourth-order valence-electron chi connectivity index (χ4n) is 5.59. The maximum absolute atomic E-state index is 9.55. The summed E-state index contributed by atoms with van der Waals surface area (Å²) in [5.41, 5.74) is 2.73. The van der Waals surface area contributed by atoms with E-state index < -0.39 is 11.9 Å². The summed E-state index contributed by atoms with van der Waals surface area (Å²) in [6.07, 6.45) is 5.24. The number of fused-ring (bicyclic) bond motifs is 2. The number of likely N-dealkylation sites (tertiary alicyclic amines) is 2. The Morgan fingerprint density at radius 2 is 1.19 bits per heavy atom. The number of nitrogens with zero attached hydrogens (tertiary/aromatic N) is 2. The van der Waals surface area contributed by atoms with E-state index in [-0.39, 0.29) is 6.10 Å². The molecular formula is C37H48N2O7S2. The summed E-state index contributed by atoms with van der Waals surface area (Å²) < 4.78 is 14.2. The molecule has 2 fully saturated rings. The first kappa shape index (κ1) is 37.7. The van der Waals surface area contributed by atoms with Crippen LogP contribution in [0.2, 0.25) is 0 Å². The predicted octanol–water partition coefficient (Wildman–Crippen LogP) is 6.04. The lowest BCUT2D eigenvalue weighted by Crippen LogP contribution is -2.50. The molecule has 0 aliphatic carbocycles. The Kier molecular flexibility index (Phi) is 16.0. The standard InChI is InChI=1S/C17H23NOS.C16H21NO2S.C4H4O4/c1-14-12-18(13-14)7-2-8-19-9-5-15-3-4-17-16(11-15)6-10-20-17;18-15-11-17(12-15)6-1-7-19-8-4-13-2-3-16-14(10-13)5-9-20-16;5-3(6)1-2-4(7)8/h3-4,6,10-11,14H,2,5,7-9,12-13H2,1H3;2-3,5,9-10,15,18H,1,4,6-8,11-12H2;1-2H,(H,5,6)(H,7,8)/b;;2-1-. The van der Waals surface area contributed by atoms with E-state index in [2.05, 4.69) is 76.0 Å². The van der Waals surface area contributed by atoms with Crippen LogP contribution in [-0.4, -0.2) is 109 Å². The summed E-state index contributed by atoms with van der Waals surface area (Å²) in [4.78, 5) is 23.9. The molecule has 0 unspecified atom stereocenters. The Balaban J connectivity index is 0.000000178. The quantitative estimate of drug-likeness (QED) is 0.0952. The van der Waals surface area contributed by atoms with Crippen LogP contribution in [0.3, 0.4) is 0 Å². The molecular weight excluding hydrogens is 649 g/mol. The fourth-order valence-corrected chi connectivity index (χ4v) is 7.13. The number of benzene rings is 2. The van der Waals surface area contributed by atoms with Crippen LogP contribution in [-0.2, 0) is 31.9 Å². The molecule has 2 aromatic carbocycles. The van der Waals surface area contributed by atoms with Crippen LogP contribution in [0.5, 0.6) is 0 Å². The number of rotatable bonds is 16. The molecule has 3 N–H and O–H groups in total. The molecule has 4 aromatic rings. The van der Waals surface area contributed by atoms with Crippen molar-refractivity contribution < 1.29 is 34.4 Å². The van der Waals surface area contributed by atoms with Crippen molar-refractivity contribution in [3.8, 4) is 0 Å². The van der Waals surface area contributed by atoms with Crippen molar-refractivity contribution in [2.24, 2.45) is 5.92 Å². The molecule has 0 bridgehead atoms. The number of carboxylic acid groups (broad SMARTS) is 2. The van der Waals surface area contributed by atoms with Gasteiger partial charge in [-0.2, -0.15) is 0 Å². The molecule has 2 aliphatic rings. The van der Waals surface area contributed by atoms with Crippen molar-refractivity contribution in [2.45, 2.75) is 38.7 Å². The topological polar surface area (TPSA) is 120 Å². The number of hydrogen-bond acceptors (Lipinski definition) is 9. The minimum absolute atomic E-state index is 0.0945. The third kappa shape index (κ3) is 13.8. The lowest BCUT2D eigenvalue weighted by molar-refractivity contribution is -0.134. The Morgan fingerprint density at radius 1 is 0.729 bits per heavy atom. The highest BCUT2D eigenvalue weighted by molar-refractivity contribution is 7.17. The number of β-amino-alcohol motifs (C(OH)–C–C–N with tert-alkyl or cyclic N) is 1. The Hall–Kier alpha value is -3.16. The summed E-state index contributed by atoms with van der Waals surface area (Å²) in [7, 11) is 0. The zero-order valence-corrected chi connectivity index (χ0v) is 29.3. The number of aliphatic hydroxyl groups is 1. The van der Waals surface area contributed by atoms with Crippen LogP contribution in [0.1, 0.15) is 30.9 Å². The Bertz CT molecular complexity index is 1460. The fraction of sp³-hybridized carbons (Fsp3) is 0.459. The van der Waals surface area contributed by atoms with E-state index >= 15 is 0 Å². The van der Waals surface area contributed by atoms with Gasteiger partial charge in [-0.15, -0.1) is 22.7 Å². The van der Waals surface area contributed by atoms with Crippen molar-refractivity contribution >= 4 is 54.8 Å². The van der Waals surface area contributed by atoms with Gasteiger partial charge in [-0.3, -0.25) is 4.90 Å². The van der Waals surface area contributed by atoms with Crippen molar-refractivity contribution in [1.82, 2.24) is 9.80 Å². The van der Waals surface area contributed by atoms with Crippen molar-refractivity contribution in [3.63, 3.8) is 0 Å². The van der Waals surface area contributed by atoms with E-state index in [0.29, 0.717) is 12.2 Å². The van der Waals surface area contributed by atoms with Gasteiger partial charge in [0.15, 0.2) is 0 Å². The third-order valence-corrected chi connectivity index (χ3v) is 9.87. The number of hydrogen-bond donors (Lipinski definition) is 3. The van der Waals surface area contributed by atoms with Gasteiger partial charge in [-0.05, 0) is 88.5 Å². The second-order valence-electron chi connectivity index (χ2n) is 12.3. The lowest BCUT2D eigenvalue weighted by atomic mass is 10.0. The zero-order valence-electron chi connectivity index (χ0n) is 27.7. The van der Waals surface area contributed by atoms with E-state index in [9.17, 15) is 14.7 Å². The summed E-state index contributed by atoms with van der Waals surface area (Å²) in [6.45, 7) is 12.1. The summed E-state index contributed by atoms with van der Waals surface area (Å²) >= 11 is 3.59. The predicted molar refractivity (Wildman–Crippen MR) is 194 cm³/mol. The molecule has 0 saturated carbocycles. The largest absolute Gasteiger partial charge is 0.478 e. The van der Waals surface area contributed by atoms with E-state index in [4.69, 9.17) is 19.7 Å². The molecule has 6 rings (SSSR count). The first-order valence-electron chi connectivity index (χ1n) is 16.6.